The molecule has 0 spiro atoms. The van der Waals surface area contributed by atoms with Gasteiger partial charge in [0.25, 0.3) is 0 Å². The lowest BCUT2D eigenvalue weighted by Gasteiger charge is -2.48. The maximum Gasteiger partial charge on any atom is 0.418 e. The third-order valence-electron chi connectivity index (χ3n) is 7.72. The molecule has 12 nitrogen and oxygen atoms in total. The van der Waals surface area contributed by atoms with Crippen LogP contribution in [0.2, 0.25) is 30.7 Å². The normalized spacial score (nSPS) is 24.6. The molecule has 0 radical (unpaired) electrons. The first kappa shape index (κ1) is 34.7. The molecule has 47 heavy (non-hydrogen) atoms. The van der Waals surface area contributed by atoms with Crippen LogP contribution in [0.1, 0.15) is 29.2 Å². The number of hydrogen-bond acceptors (Lipinski definition) is 8. The fourth-order valence-corrected chi connectivity index (χ4v) is 6.32. The van der Waals surface area contributed by atoms with Crippen LogP contribution < -0.4 is 5.32 Å². The second kappa shape index (κ2) is 14.2. The lowest BCUT2D eigenvalue weighted by Crippen LogP contribution is -2.59. The molecule has 5 rings (SSSR count). The molecule has 2 fully saturated rings. The van der Waals surface area contributed by atoms with E-state index >= 15 is 0 Å². The van der Waals surface area contributed by atoms with E-state index in [1.54, 1.807) is 0 Å². The van der Waals surface area contributed by atoms with E-state index < -0.39 is 68.3 Å². The maximum absolute atomic E-state index is 14.3. The Morgan fingerprint density at radius 2 is 1.94 bits per heavy atom. The number of alkyl halides is 3. The Hall–Kier alpha value is -3.63. The van der Waals surface area contributed by atoms with Crippen LogP contribution in [0.4, 0.5) is 23.8 Å². The van der Waals surface area contributed by atoms with Crippen molar-refractivity contribution in [2.45, 2.75) is 68.6 Å². The fraction of sp³-hybridized carbons (Fsp3) is 0.467. The molecule has 2 aliphatic heterocycles. The Morgan fingerprint density at radius 3 is 2.60 bits per heavy atom. The van der Waals surface area contributed by atoms with Gasteiger partial charge in [0.1, 0.15) is 24.4 Å². The number of aromatic nitrogens is 2. The third-order valence-corrected chi connectivity index (χ3v) is 9.66. The molecule has 0 aliphatic carbocycles. The molecule has 0 bridgehead atoms. The van der Waals surface area contributed by atoms with Gasteiger partial charge in [0.15, 0.2) is 12.1 Å². The van der Waals surface area contributed by atoms with Gasteiger partial charge >= 0.3 is 12.3 Å². The van der Waals surface area contributed by atoms with E-state index in [0.29, 0.717) is 6.04 Å². The highest BCUT2D eigenvalue weighted by Gasteiger charge is 2.51. The first-order chi connectivity index (χ1) is 22.3. The SMILES string of the molecule is COC1C(N=[N+]=[N-])[C@H]2OC(c3ccccc3)OCC2O[C@H]1c1cc(NC(=O)OCC[Si](C)(C)C)nn1-c1cc(Cl)ccc1C(F)(F)F. The molecule has 17 heteroatoms. The third kappa shape index (κ3) is 8.09. The smallest absolute Gasteiger partial charge is 0.418 e. The minimum Gasteiger partial charge on any atom is -0.450 e. The van der Waals surface area contributed by atoms with Crippen LogP contribution in [-0.4, -0.2) is 68.6 Å². The highest BCUT2D eigenvalue weighted by atomic mass is 35.5. The highest BCUT2D eigenvalue weighted by Crippen LogP contribution is 2.44. The molecule has 3 aromatic rings. The predicted molar refractivity (Wildman–Crippen MR) is 168 cm³/mol. The summed E-state index contributed by atoms with van der Waals surface area (Å²) in [5.41, 5.74) is 8.84. The summed E-state index contributed by atoms with van der Waals surface area (Å²) >= 11 is 6.18. The van der Waals surface area contributed by atoms with Crippen LogP contribution in [0.15, 0.2) is 59.7 Å². The van der Waals surface area contributed by atoms with Crippen molar-refractivity contribution < 1.29 is 41.7 Å². The zero-order valence-corrected chi connectivity index (χ0v) is 27.7. The molecule has 0 saturated carbocycles. The minimum atomic E-state index is -4.79. The van der Waals surface area contributed by atoms with Gasteiger partial charge in [-0.25, -0.2) is 9.48 Å². The monoisotopic (exact) mass is 694 g/mol. The van der Waals surface area contributed by atoms with E-state index in [1.165, 1.54) is 13.2 Å². The number of amides is 1. The van der Waals surface area contributed by atoms with Crippen molar-refractivity contribution >= 4 is 31.6 Å². The van der Waals surface area contributed by atoms with Crippen molar-refractivity contribution in [1.82, 2.24) is 9.78 Å². The van der Waals surface area contributed by atoms with E-state index in [9.17, 15) is 23.5 Å². The van der Waals surface area contributed by atoms with Crippen molar-refractivity contribution in [2.75, 3.05) is 25.6 Å². The number of fused-ring (bicyclic) bond motifs is 1. The molecular weight excluding hydrogens is 661 g/mol. The second-order valence-corrected chi connectivity index (χ2v) is 18.3. The van der Waals surface area contributed by atoms with Crippen molar-refractivity contribution in [1.29, 1.82) is 0 Å². The van der Waals surface area contributed by atoms with Crippen LogP contribution in [0.5, 0.6) is 0 Å². The topological polar surface area (TPSA) is 142 Å². The molecule has 3 heterocycles. The average molecular weight is 695 g/mol. The van der Waals surface area contributed by atoms with Crippen LogP contribution in [0.3, 0.4) is 0 Å². The largest absolute Gasteiger partial charge is 0.450 e. The van der Waals surface area contributed by atoms with Crippen molar-refractivity contribution in [2.24, 2.45) is 5.11 Å². The quantitative estimate of drug-likeness (QED) is 0.105. The Kier molecular flexibility index (Phi) is 10.5. The highest BCUT2D eigenvalue weighted by molar-refractivity contribution is 6.76. The first-order valence-corrected chi connectivity index (χ1v) is 18.8. The maximum atomic E-state index is 14.3. The Labute approximate surface area is 274 Å². The zero-order chi connectivity index (χ0) is 33.9. The molecule has 4 unspecified atom stereocenters. The lowest BCUT2D eigenvalue weighted by atomic mass is 9.90. The minimum absolute atomic E-state index is 0.00222. The summed E-state index contributed by atoms with van der Waals surface area (Å²) in [6.45, 7) is 6.54. The molecule has 2 saturated heterocycles. The number of nitrogens with one attached hydrogen (secondary N) is 1. The number of benzene rings is 2. The summed E-state index contributed by atoms with van der Waals surface area (Å²) in [5.74, 6) is -0.118. The summed E-state index contributed by atoms with van der Waals surface area (Å²) in [5, 5.41) is 10.8. The Morgan fingerprint density at radius 1 is 1.19 bits per heavy atom. The van der Waals surface area contributed by atoms with Crippen LogP contribution >= 0.6 is 11.6 Å². The average Bonchev–Trinajstić information content (AvgIpc) is 3.43. The number of carbonyl (C=O) groups excluding carboxylic acids is 1. The van der Waals surface area contributed by atoms with Gasteiger partial charge in [-0.1, -0.05) is 66.7 Å². The summed E-state index contributed by atoms with van der Waals surface area (Å²) in [6.07, 6.45) is -10.3. The number of hydrogen-bond donors (Lipinski definition) is 1. The van der Waals surface area contributed by atoms with Crippen molar-refractivity contribution in [3.8, 4) is 5.69 Å². The molecular formula is C30H34ClF3N6O6Si. The lowest BCUT2D eigenvalue weighted by molar-refractivity contribution is -0.310. The molecule has 2 aromatic carbocycles. The number of anilines is 1. The summed E-state index contributed by atoms with van der Waals surface area (Å²) in [7, 11) is -0.157. The predicted octanol–water partition coefficient (Wildman–Crippen LogP) is 7.68. The van der Waals surface area contributed by atoms with Gasteiger partial charge in [-0.2, -0.15) is 13.2 Å². The zero-order valence-electron chi connectivity index (χ0n) is 26.0. The number of ether oxygens (including phenoxy) is 5. The number of azide groups is 1. The van der Waals surface area contributed by atoms with E-state index in [-0.39, 0.29) is 29.7 Å². The summed E-state index contributed by atoms with van der Waals surface area (Å²) in [6, 6.07) is 13.2. The van der Waals surface area contributed by atoms with E-state index in [2.05, 4.69) is 40.1 Å². The number of carbonyl (C=O) groups is 1. The van der Waals surface area contributed by atoms with Gasteiger partial charge in [-0.3, -0.25) is 5.32 Å². The number of halogens is 4. The Balaban J connectivity index is 1.54. The van der Waals surface area contributed by atoms with Gasteiger partial charge in [0.05, 0.1) is 36.2 Å². The molecule has 2 aliphatic rings. The van der Waals surface area contributed by atoms with Gasteiger partial charge in [-0.05, 0) is 29.8 Å². The van der Waals surface area contributed by atoms with Gasteiger partial charge < -0.3 is 23.7 Å². The fourth-order valence-electron chi connectivity index (χ4n) is 5.44. The molecule has 1 N–H and O–H groups in total. The van der Waals surface area contributed by atoms with Crippen LogP contribution in [0, 0.1) is 0 Å². The summed E-state index contributed by atoms with van der Waals surface area (Å²) in [4.78, 5) is 15.7. The molecule has 1 amide bonds. The van der Waals surface area contributed by atoms with E-state index in [1.807, 2.05) is 30.3 Å². The first-order valence-electron chi connectivity index (χ1n) is 14.7. The van der Waals surface area contributed by atoms with Crippen LogP contribution in [0.25, 0.3) is 16.1 Å². The van der Waals surface area contributed by atoms with E-state index in [0.717, 1.165) is 28.4 Å². The summed E-state index contributed by atoms with van der Waals surface area (Å²) < 4.78 is 73.5. The van der Waals surface area contributed by atoms with Gasteiger partial charge in [0, 0.05) is 36.7 Å². The number of rotatable bonds is 9. The van der Waals surface area contributed by atoms with Crippen molar-refractivity contribution in [3.63, 3.8) is 0 Å². The van der Waals surface area contributed by atoms with E-state index in [4.69, 9.17) is 35.3 Å². The van der Waals surface area contributed by atoms with Gasteiger partial charge in [0.2, 0.25) is 0 Å². The number of methoxy groups -OCH3 is 1. The van der Waals surface area contributed by atoms with Crippen LogP contribution in [-0.2, 0) is 29.9 Å². The second-order valence-electron chi connectivity index (χ2n) is 12.3. The molecule has 1 aromatic heterocycles. The number of nitrogens with zero attached hydrogens (tertiary/aromatic N) is 5. The Bertz CT molecular complexity index is 1620. The van der Waals surface area contributed by atoms with Gasteiger partial charge in [-0.15, -0.1) is 5.10 Å². The standard InChI is InChI=1S/C30H34ClF3N6O6Si/c1-42-27-24(37-39-35)26-22(16-44-28(46-26)17-8-6-5-7-9-17)45-25(27)21-15-23(36-29(41)43-12-13-47(2,3)4)38-40(21)20-14-18(31)10-11-19(20)30(32,33)34/h5-11,14-15,22,24-28H,12-13,16H2,1-4H3,(H,36,38,41)/t22?,24?,25-,26-,27?,28?/m0/s1. The van der Waals surface area contributed by atoms with Crippen molar-refractivity contribution in [3.05, 3.63) is 86.9 Å². The molecule has 6 atom stereocenters. The molecule has 252 valence electrons.